The summed E-state index contributed by atoms with van der Waals surface area (Å²) < 4.78 is 13.5. The van der Waals surface area contributed by atoms with Gasteiger partial charge in [-0.3, -0.25) is 0 Å². The first-order valence-electron chi connectivity index (χ1n) is 7.09. The Morgan fingerprint density at radius 1 is 1.05 bits per heavy atom. The molecule has 0 saturated carbocycles. The monoisotopic (exact) mass is 271 g/mol. The lowest BCUT2D eigenvalue weighted by Crippen LogP contribution is -2.13. The Morgan fingerprint density at radius 2 is 1.80 bits per heavy atom. The first-order chi connectivity index (χ1) is 9.61. The second kappa shape index (κ2) is 6.67. The van der Waals surface area contributed by atoms with Crippen molar-refractivity contribution >= 4 is 0 Å². The Bertz CT molecular complexity index is 577. The van der Waals surface area contributed by atoms with E-state index in [2.05, 4.69) is 36.5 Å². The van der Waals surface area contributed by atoms with Crippen LogP contribution in [0.1, 0.15) is 34.6 Å². The van der Waals surface area contributed by atoms with Crippen molar-refractivity contribution in [3.8, 4) is 0 Å². The molecule has 0 radical (unpaired) electrons. The maximum absolute atomic E-state index is 13.5. The largest absolute Gasteiger partial charge is 0.320 e. The predicted molar refractivity (Wildman–Crippen MR) is 82.7 cm³/mol. The number of halogens is 1. The van der Waals surface area contributed by atoms with Crippen molar-refractivity contribution in [2.45, 2.75) is 26.2 Å². The highest BCUT2D eigenvalue weighted by atomic mass is 19.1. The van der Waals surface area contributed by atoms with Gasteiger partial charge in [0.25, 0.3) is 0 Å². The molecule has 0 saturated heterocycles. The minimum absolute atomic E-state index is 0.134. The number of hydrogen-bond donors (Lipinski definition) is 1. The molecule has 106 valence electrons. The summed E-state index contributed by atoms with van der Waals surface area (Å²) in [5.74, 6) is 0.173. The van der Waals surface area contributed by atoms with Crippen LogP contribution in [0, 0.1) is 19.7 Å². The van der Waals surface area contributed by atoms with Gasteiger partial charge in [0.05, 0.1) is 0 Å². The molecular weight excluding hydrogens is 249 g/mol. The zero-order valence-corrected chi connectivity index (χ0v) is 12.4. The molecule has 0 aromatic heterocycles. The summed E-state index contributed by atoms with van der Waals surface area (Å²) in [6.07, 6.45) is 1.00. The Labute approximate surface area is 120 Å². The molecule has 0 aliphatic carbocycles. The third kappa shape index (κ3) is 3.45. The average molecular weight is 271 g/mol. The maximum Gasteiger partial charge on any atom is 0.126 e. The molecule has 1 nitrogen and oxygen atoms in total. The van der Waals surface area contributed by atoms with Gasteiger partial charge in [-0.25, -0.2) is 4.39 Å². The van der Waals surface area contributed by atoms with Crippen molar-refractivity contribution in [1.82, 2.24) is 5.32 Å². The quantitative estimate of drug-likeness (QED) is 0.860. The van der Waals surface area contributed by atoms with Gasteiger partial charge in [-0.15, -0.1) is 0 Å². The third-order valence-electron chi connectivity index (χ3n) is 3.71. The van der Waals surface area contributed by atoms with Gasteiger partial charge in [0.15, 0.2) is 0 Å². The van der Waals surface area contributed by atoms with Crippen molar-refractivity contribution in [2.75, 3.05) is 13.6 Å². The van der Waals surface area contributed by atoms with Gasteiger partial charge in [-0.2, -0.15) is 0 Å². The van der Waals surface area contributed by atoms with E-state index >= 15 is 0 Å². The lowest BCUT2D eigenvalue weighted by molar-refractivity contribution is 0.613. The smallest absolute Gasteiger partial charge is 0.126 e. The molecule has 0 fully saturated rings. The molecule has 2 aromatic carbocycles. The highest BCUT2D eigenvalue weighted by Crippen LogP contribution is 2.29. The molecule has 0 heterocycles. The van der Waals surface area contributed by atoms with E-state index in [0.717, 1.165) is 13.0 Å². The molecular formula is C18H22FN. The number of hydrogen-bond acceptors (Lipinski definition) is 1. The molecule has 2 rings (SSSR count). The van der Waals surface area contributed by atoms with Gasteiger partial charge in [-0.1, -0.05) is 42.0 Å². The lowest BCUT2D eigenvalue weighted by Gasteiger charge is -2.19. The molecule has 1 unspecified atom stereocenters. The van der Waals surface area contributed by atoms with E-state index in [9.17, 15) is 4.39 Å². The van der Waals surface area contributed by atoms with Crippen LogP contribution in [0.3, 0.4) is 0 Å². The topological polar surface area (TPSA) is 12.0 Å². The van der Waals surface area contributed by atoms with Crippen LogP contribution in [-0.4, -0.2) is 13.6 Å². The molecule has 0 amide bonds. The zero-order chi connectivity index (χ0) is 14.5. The lowest BCUT2D eigenvalue weighted by atomic mass is 9.87. The average Bonchev–Trinajstić information content (AvgIpc) is 2.43. The SMILES string of the molecule is CNCCC(c1cccc(C)c1)c1ccc(F)c(C)c1. The molecule has 1 atom stereocenters. The van der Waals surface area contributed by atoms with Gasteiger partial charge in [-0.05, 0) is 56.6 Å². The van der Waals surface area contributed by atoms with E-state index in [4.69, 9.17) is 0 Å². The van der Waals surface area contributed by atoms with E-state index in [1.807, 2.05) is 26.1 Å². The summed E-state index contributed by atoms with van der Waals surface area (Å²) in [6, 6.07) is 14.0. The Morgan fingerprint density at radius 3 is 2.45 bits per heavy atom. The summed E-state index contributed by atoms with van der Waals surface area (Å²) in [5, 5.41) is 3.20. The second-order valence-electron chi connectivity index (χ2n) is 5.37. The molecule has 0 aliphatic rings. The van der Waals surface area contributed by atoms with E-state index in [0.29, 0.717) is 11.5 Å². The van der Waals surface area contributed by atoms with Crippen LogP contribution < -0.4 is 5.32 Å². The van der Waals surface area contributed by atoms with E-state index in [-0.39, 0.29) is 5.82 Å². The summed E-state index contributed by atoms with van der Waals surface area (Å²) in [5.41, 5.74) is 4.46. The predicted octanol–water partition coefficient (Wildman–Crippen LogP) is 4.18. The number of benzene rings is 2. The van der Waals surface area contributed by atoms with Crippen molar-refractivity contribution < 1.29 is 4.39 Å². The normalized spacial score (nSPS) is 12.4. The van der Waals surface area contributed by atoms with Gasteiger partial charge in [0.2, 0.25) is 0 Å². The molecule has 0 aliphatic heterocycles. The van der Waals surface area contributed by atoms with Crippen LogP contribution in [0.4, 0.5) is 4.39 Å². The first-order valence-corrected chi connectivity index (χ1v) is 7.09. The Hall–Kier alpha value is -1.67. The fourth-order valence-corrected chi connectivity index (χ4v) is 2.59. The summed E-state index contributed by atoms with van der Waals surface area (Å²) in [7, 11) is 1.96. The first kappa shape index (κ1) is 14.7. The van der Waals surface area contributed by atoms with Crippen LogP contribution in [0.2, 0.25) is 0 Å². The van der Waals surface area contributed by atoms with Crippen LogP contribution in [0.5, 0.6) is 0 Å². The van der Waals surface area contributed by atoms with Crippen LogP contribution in [-0.2, 0) is 0 Å². The van der Waals surface area contributed by atoms with Crippen molar-refractivity contribution in [3.63, 3.8) is 0 Å². The highest BCUT2D eigenvalue weighted by Gasteiger charge is 2.15. The molecule has 2 heteroatoms. The Kier molecular flexibility index (Phi) is 4.91. The Balaban J connectivity index is 2.38. The van der Waals surface area contributed by atoms with E-state index in [1.54, 1.807) is 6.07 Å². The van der Waals surface area contributed by atoms with Crippen molar-refractivity contribution in [2.24, 2.45) is 0 Å². The number of aryl methyl sites for hydroxylation is 2. The highest BCUT2D eigenvalue weighted by molar-refractivity contribution is 5.36. The maximum atomic E-state index is 13.5. The fraction of sp³-hybridized carbons (Fsp3) is 0.333. The third-order valence-corrected chi connectivity index (χ3v) is 3.71. The van der Waals surface area contributed by atoms with Crippen LogP contribution in [0.25, 0.3) is 0 Å². The summed E-state index contributed by atoms with van der Waals surface area (Å²) >= 11 is 0. The summed E-state index contributed by atoms with van der Waals surface area (Å²) in [6.45, 7) is 4.87. The van der Waals surface area contributed by atoms with Gasteiger partial charge >= 0.3 is 0 Å². The standard InChI is InChI=1S/C18H22FN/c1-13-5-4-6-15(11-13)17(9-10-20-3)16-7-8-18(19)14(2)12-16/h4-8,11-12,17,20H,9-10H2,1-3H3. The molecule has 0 bridgehead atoms. The van der Waals surface area contributed by atoms with E-state index < -0.39 is 0 Å². The zero-order valence-electron chi connectivity index (χ0n) is 12.4. The molecule has 1 N–H and O–H groups in total. The fourth-order valence-electron chi connectivity index (χ4n) is 2.59. The van der Waals surface area contributed by atoms with Crippen molar-refractivity contribution in [1.29, 1.82) is 0 Å². The number of rotatable bonds is 5. The summed E-state index contributed by atoms with van der Waals surface area (Å²) in [4.78, 5) is 0. The van der Waals surface area contributed by atoms with Crippen LogP contribution in [0.15, 0.2) is 42.5 Å². The molecule has 2 aromatic rings. The second-order valence-corrected chi connectivity index (χ2v) is 5.37. The number of nitrogens with one attached hydrogen (secondary N) is 1. The minimum atomic E-state index is -0.134. The molecule has 0 spiro atoms. The van der Waals surface area contributed by atoms with Gasteiger partial charge in [0, 0.05) is 5.92 Å². The molecule has 20 heavy (non-hydrogen) atoms. The van der Waals surface area contributed by atoms with Crippen LogP contribution >= 0.6 is 0 Å². The minimum Gasteiger partial charge on any atom is -0.320 e. The van der Waals surface area contributed by atoms with E-state index in [1.165, 1.54) is 16.7 Å². The van der Waals surface area contributed by atoms with Gasteiger partial charge < -0.3 is 5.32 Å². The van der Waals surface area contributed by atoms with Crippen molar-refractivity contribution in [3.05, 3.63) is 70.5 Å². The van der Waals surface area contributed by atoms with Gasteiger partial charge in [0.1, 0.15) is 5.82 Å².